The van der Waals surface area contributed by atoms with Gasteiger partial charge in [0, 0.05) is 16.3 Å². The standard InChI is InChI=1S/C20H17ClN2O3S2/c1-11-4-3-5-15(8-11)22-18(25)12(2)23-19(26)17(28-20(23)27)10-13-9-14(21)6-7-16(13)24/h3-10,12,24H,1-2H3,(H,22,25)/b17-10-. The Kier molecular flexibility index (Phi) is 6.07. The molecule has 0 radical (unpaired) electrons. The van der Waals surface area contributed by atoms with Gasteiger partial charge in [0.2, 0.25) is 5.91 Å². The van der Waals surface area contributed by atoms with Gasteiger partial charge in [0.25, 0.3) is 5.91 Å². The molecule has 28 heavy (non-hydrogen) atoms. The van der Waals surface area contributed by atoms with Crippen LogP contribution in [0, 0.1) is 6.92 Å². The van der Waals surface area contributed by atoms with E-state index in [1.807, 2.05) is 25.1 Å². The van der Waals surface area contributed by atoms with E-state index in [2.05, 4.69) is 5.32 Å². The summed E-state index contributed by atoms with van der Waals surface area (Å²) in [5.41, 5.74) is 2.08. The van der Waals surface area contributed by atoms with E-state index in [4.69, 9.17) is 23.8 Å². The molecule has 144 valence electrons. The molecule has 2 aromatic rings. The largest absolute Gasteiger partial charge is 0.507 e. The second kappa shape index (κ2) is 8.34. The summed E-state index contributed by atoms with van der Waals surface area (Å²) in [6, 6.07) is 11.2. The molecule has 3 rings (SSSR count). The number of hydrogen-bond acceptors (Lipinski definition) is 5. The van der Waals surface area contributed by atoms with Crippen LogP contribution in [0.3, 0.4) is 0 Å². The maximum Gasteiger partial charge on any atom is 0.266 e. The van der Waals surface area contributed by atoms with Gasteiger partial charge in [-0.15, -0.1) is 0 Å². The zero-order valence-electron chi connectivity index (χ0n) is 15.1. The van der Waals surface area contributed by atoms with E-state index in [0.29, 0.717) is 21.2 Å². The lowest BCUT2D eigenvalue weighted by atomic mass is 10.1. The first-order valence-electron chi connectivity index (χ1n) is 8.39. The Morgan fingerprint density at radius 3 is 2.79 bits per heavy atom. The monoisotopic (exact) mass is 432 g/mol. The van der Waals surface area contributed by atoms with Gasteiger partial charge in [0.15, 0.2) is 0 Å². The molecule has 1 aliphatic heterocycles. The minimum Gasteiger partial charge on any atom is -0.507 e. The number of carbonyl (C=O) groups excluding carboxylic acids is 2. The van der Waals surface area contributed by atoms with Crippen LogP contribution >= 0.6 is 35.6 Å². The van der Waals surface area contributed by atoms with E-state index in [1.54, 1.807) is 25.1 Å². The van der Waals surface area contributed by atoms with Crippen molar-refractivity contribution in [2.75, 3.05) is 5.32 Å². The predicted octanol–water partition coefficient (Wildman–Crippen LogP) is 4.58. The van der Waals surface area contributed by atoms with Crippen LogP contribution in [-0.4, -0.2) is 32.2 Å². The molecule has 1 unspecified atom stereocenters. The van der Waals surface area contributed by atoms with E-state index in [0.717, 1.165) is 17.3 Å². The minimum absolute atomic E-state index is 0.0000858. The number of halogens is 1. The number of carbonyl (C=O) groups is 2. The average Bonchev–Trinajstić information content (AvgIpc) is 2.91. The second-order valence-corrected chi connectivity index (χ2v) is 8.40. The summed E-state index contributed by atoms with van der Waals surface area (Å²) in [6.45, 7) is 3.55. The van der Waals surface area contributed by atoms with Crippen molar-refractivity contribution in [2.24, 2.45) is 0 Å². The molecule has 1 atom stereocenters. The summed E-state index contributed by atoms with van der Waals surface area (Å²) in [6.07, 6.45) is 1.52. The Balaban J connectivity index is 1.80. The van der Waals surface area contributed by atoms with E-state index < -0.39 is 6.04 Å². The third-order valence-corrected chi connectivity index (χ3v) is 5.72. The predicted molar refractivity (Wildman–Crippen MR) is 117 cm³/mol. The number of phenols is 1. The van der Waals surface area contributed by atoms with Crippen LogP contribution in [-0.2, 0) is 9.59 Å². The molecule has 1 heterocycles. The number of aromatic hydroxyl groups is 1. The molecule has 0 spiro atoms. The van der Waals surface area contributed by atoms with E-state index in [1.165, 1.54) is 17.0 Å². The first kappa shape index (κ1) is 20.4. The second-order valence-electron chi connectivity index (χ2n) is 6.29. The number of hydrogen-bond donors (Lipinski definition) is 2. The first-order chi connectivity index (χ1) is 13.3. The van der Waals surface area contributed by atoms with Gasteiger partial charge in [-0.3, -0.25) is 14.5 Å². The number of nitrogens with zero attached hydrogens (tertiary/aromatic N) is 1. The molecular weight excluding hydrogens is 416 g/mol. The highest BCUT2D eigenvalue weighted by atomic mass is 35.5. The summed E-state index contributed by atoms with van der Waals surface area (Å²) < 4.78 is 0.282. The van der Waals surface area contributed by atoms with E-state index in [-0.39, 0.29) is 21.9 Å². The zero-order chi connectivity index (χ0) is 20.4. The molecule has 0 aliphatic carbocycles. The van der Waals surface area contributed by atoms with Crippen LogP contribution in [0.4, 0.5) is 5.69 Å². The fourth-order valence-electron chi connectivity index (χ4n) is 2.68. The topological polar surface area (TPSA) is 69.6 Å². The maximum atomic E-state index is 12.8. The molecule has 1 saturated heterocycles. The third kappa shape index (κ3) is 4.38. The molecule has 1 aliphatic rings. The number of rotatable bonds is 4. The fourth-order valence-corrected chi connectivity index (χ4v) is 4.27. The van der Waals surface area contributed by atoms with Crippen molar-refractivity contribution in [1.82, 2.24) is 4.90 Å². The number of phenolic OH excluding ortho intramolecular Hbond substituents is 1. The van der Waals surface area contributed by atoms with Crippen LogP contribution in [0.25, 0.3) is 6.08 Å². The lowest BCUT2D eigenvalue weighted by molar-refractivity contribution is -0.129. The van der Waals surface area contributed by atoms with Crippen molar-refractivity contribution in [2.45, 2.75) is 19.9 Å². The van der Waals surface area contributed by atoms with Gasteiger partial charge >= 0.3 is 0 Å². The third-order valence-electron chi connectivity index (χ3n) is 4.15. The fraction of sp³-hybridized carbons (Fsp3) is 0.150. The molecule has 0 saturated carbocycles. The molecule has 0 aromatic heterocycles. The number of aryl methyl sites for hydroxylation is 1. The van der Waals surface area contributed by atoms with Crippen molar-refractivity contribution in [3.8, 4) is 5.75 Å². The Hall–Kier alpha value is -2.35. The Morgan fingerprint density at radius 1 is 1.32 bits per heavy atom. The smallest absolute Gasteiger partial charge is 0.266 e. The van der Waals surface area contributed by atoms with E-state index >= 15 is 0 Å². The van der Waals surface area contributed by atoms with Gasteiger partial charge in [-0.25, -0.2) is 0 Å². The molecule has 5 nitrogen and oxygen atoms in total. The lowest BCUT2D eigenvalue weighted by Crippen LogP contribution is -2.44. The number of anilines is 1. The zero-order valence-corrected chi connectivity index (χ0v) is 17.5. The Morgan fingerprint density at radius 2 is 2.07 bits per heavy atom. The van der Waals surface area contributed by atoms with Crippen LogP contribution in [0.2, 0.25) is 5.02 Å². The minimum atomic E-state index is -0.785. The highest BCUT2D eigenvalue weighted by Crippen LogP contribution is 2.36. The average molecular weight is 433 g/mol. The lowest BCUT2D eigenvalue weighted by Gasteiger charge is -2.22. The number of thiocarbonyl (C=S) groups is 1. The van der Waals surface area contributed by atoms with Crippen molar-refractivity contribution >= 4 is 63.5 Å². The normalized spacial score (nSPS) is 16.5. The maximum absolute atomic E-state index is 12.8. The number of thioether (sulfide) groups is 1. The van der Waals surface area contributed by atoms with Crippen molar-refractivity contribution in [1.29, 1.82) is 0 Å². The Bertz CT molecular complexity index is 1010. The van der Waals surface area contributed by atoms with Gasteiger partial charge in [0.1, 0.15) is 16.1 Å². The summed E-state index contributed by atoms with van der Waals surface area (Å²) >= 11 is 12.3. The highest BCUT2D eigenvalue weighted by Gasteiger charge is 2.38. The van der Waals surface area contributed by atoms with Crippen LogP contribution in [0.5, 0.6) is 5.75 Å². The number of amides is 2. The van der Waals surface area contributed by atoms with Crippen LogP contribution in [0.1, 0.15) is 18.1 Å². The van der Waals surface area contributed by atoms with Crippen molar-refractivity contribution in [3.05, 3.63) is 63.5 Å². The molecule has 8 heteroatoms. The molecule has 2 N–H and O–H groups in total. The quantitative estimate of drug-likeness (QED) is 0.546. The molecule has 1 fully saturated rings. The SMILES string of the molecule is Cc1cccc(NC(=O)C(C)N2C(=O)/C(=C/c3cc(Cl)ccc3O)SC2=S)c1. The number of nitrogens with one attached hydrogen (secondary N) is 1. The first-order valence-corrected chi connectivity index (χ1v) is 9.99. The Labute approximate surface area is 177 Å². The van der Waals surface area contributed by atoms with Gasteiger partial charge in [-0.1, -0.05) is 47.7 Å². The van der Waals surface area contributed by atoms with Gasteiger partial charge in [-0.05, 0) is 55.8 Å². The van der Waals surface area contributed by atoms with Crippen molar-refractivity contribution < 1.29 is 14.7 Å². The molecular formula is C20H17ClN2O3S2. The number of benzene rings is 2. The van der Waals surface area contributed by atoms with Crippen LogP contribution in [0.15, 0.2) is 47.4 Å². The van der Waals surface area contributed by atoms with Gasteiger partial charge in [0.05, 0.1) is 4.91 Å². The molecule has 2 amide bonds. The molecule has 2 aromatic carbocycles. The van der Waals surface area contributed by atoms with Gasteiger partial charge < -0.3 is 10.4 Å². The van der Waals surface area contributed by atoms with Crippen molar-refractivity contribution in [3.63, 3.8) is 0 Å². The van der Waals surface area contributed by atoms with E-state index in [9.17, 15) is 14.7 Å². The summed E-state index contributed by atoms with van der Waals surface area (Å²) in [5, 5.41) is 13.2. The highest BCUT2D eigenvalue weighted by molar-refractivity contribution is 8.26. The summed E-state index contributed by atoms with van der Waals surface area (Å²) in [5.74, 6) is -0.727. The van der Waals surface area contributed by atoms with Crippen LogP contribution < -0.4 is 5.32 Å². The summed E-state index contributed by atoms with van der Waals surface area (Å²) in [7, 11) is 0. The molecule has 0 bridgehead atoms. The van der Waals surface area contributed by atoms with Gasteiger partial charge in [-0.2, -0.15) is 0 Å². The summed E-state index contributed by atoms with van der Waals surface area (Å²) in [4.78, 5) is 27.0.